The molecule has 0 bridgehead atoms. The number of hydrogen-bond acceptors (Lipinski definition) is 5. The number of aromatic nitrogens is 4. The van der Waals surface area contributed by atoms with Crippen molar-refractivity contribution in [1.82, 2.24) is 25.3 Å². The zero-order chi connectivity index (χ0) is 21.3. The van der Waals surface area contributed by atoms with Crippen LogP contribution >= 0.6 is 11.6 Å². The summed E-state index contributed by atoms with van der Waals surface area (Å²) in [5.41, 5.74) is 1.80. The van der Waals surface area contributed by atoms with Gasteiger partial charge in [-0.1, -0.05) is 29.8 Å². The Bertz CT molecular complexity index is 1140. The van der Waals surface area contributed by atoms with Gasteiger partial charge in [-0.3, -0.25) is 0 Å². The fourth-order valence-electron chi connectivity index (χ4n) is 3.12. The third kappa shape index (κ3) is 4.29. The summed E-state index contributed by atoms with van der Waals surface area (Å²) in [5.74, 6) is -2.21. The molecule has 0 fully saturated rings. The first-order chi connectivity index (χ1) is 13.6. The van der Waals surface area contributed by atoms with E-state index in [9.17, 15) is 17.2 Å². The van der Waals surface area contributed by atoms with Crippen LogP contribution in [0, 0.1) is 25.5 Å². The van der Waals surface area contributed by atoms with E-state index in [-0.39, 0.29) is 10.8 Å². The van der Waals surface area contributed by atoms with Crippen LogP contribution < -0.4 is 4.72 Å². The first-order valence-corrected chi connectivity index (χ1v) is 10.4. The van der Waals surface area contributed by atoms with Gasteiger partial charge >= 0.3 is 0 Å². The van der Waals surface area contributed by atoms with Gasteiger partial charge in [0.1, 0.15) is 16.5 Å². The maximum Gasteiger partial charge on any atom is 0.244 e. The summed E-state index contributed by atoms with van der Waals surface area (Å²) in [6.07, 6.45) is 0. The van der Waals surface area contributed by atoms with Crippen molar-refractivity contribution in [2.45, 2.75) is 37.6 Å². The highest BCUT2D eigenvalue weighted by Crippen LogP contribution is 2.35. The highest BCUT2D eigenvalue weighted by Gasteiger charge is 2.33. The quantitative estimate of drug-likeness (QED) is 0.609. The topological polar surface area (TPSA) is 101 Å². The van der Waals surface area contributed by atoms with Crippen molar-refractivity contribution in [1.29, 1.82) is 0 Å². The molecule has 2 aromatic carbocycles. The van der Waals surface area contributed by atoms with Crippen molar-refractivity contribution >= 4 is 21.6 Å². The first-order valence-electron chi connectivity index (χ1n) is 8.58. The molecule has 0 spiro atoms. The molecule has 0 aliphatic heterocycles. The third-order valence-electron chi connectivity index (χ3n) is 4.79. The van der Waals surface area contributed by atoms with Crippen LogP contribution in [0.25, 0.3) is 0 Å². The summed E-state index contributed by atoms with van der Waals surface area (Å²) < 4.78 is 57.0. The molecule has 7 nitrogen and oxygen atoms in total. The van der Waals surface area contributed by atoms with Crippen molar-refractivity contribution in [3.05, 3.63) is 69.5 Å². The van der Waals surface area contributed by atoms with Crippen LogP contribution in [0.4, 0.5) is 8.78 Å². The highest BCUT2D eigenvalue weighted by atomic mass is 35.5. The molecule has 3 rings (SSSR count). The summed E-state index contributed by atoms with van der Waals surface area (Å²) in [7, 11) is -4.38. The van der Waals surface area contributed by atoms with Gasteiger partial charge in [0.2, 0.25) is 10.0 Å². The molecule has 29 heavy (non-hydrogen) atoms. The van der Waals surface area contributed by atoms with Gasteiger partial charge in [-0.15, -0.1) is 10.2 Å². The fraction of sp³-hybridized carbons (Fsp3) is 0.278. The largest absolute Gasteiger partial charge is 0.244 e. The van der Waals surface area contributed by atoms with E-state index in [0.29, 0.717) is 11.1 Å². The van der Waals surface area contributed by atoms with Gasteiger partial charge in [-0.05, 0) is 54.8 Å². The minimum atomic E-state index is -4.38. The van der Waals surface area contributed by atoms with E-state index in [1.165, 1.54) is 12.1 Å². The van der Waals surface area contributed by atoms with Gasteiger partial charge in [-0.2, -0.15) is 9.94 Å². The number of aromatic amines is 1. The van der Waals surface area contributed by atoms with E-state index in [1.54, 1.807) is 19.9 Å². The zero-order valence-electron chi connectivity index (χ0n) is 15.7. The molecule has 1 heterocycles. The Morgan fingerprint density at radius 2 is 1.83 bits per heavy atom. The van der Waals surface area contributed by atoms with E-state index < -0.39 is 38.5 Å². The Balaban J connectivity index is 2.08. The standard InChI is InChI=1S/C18H18ClF2N5O2S/c1-9-4-6-14(21)16(10(9)2)11(3)17(18-22-25-26-23-18)24-29(27,28)15-8-12(19)5-7-13(15)20/h4-8,11,17,24H,1-3H3,(H,22,23,25,26)/t11-,17+/m1/s1. The number of nitrogens with one attached hydrogen (secondary N) is 2. The van der Waals surface area contributed by atoms with Crippen LogP contribution in [0.5, 0.6) is 0 Å². The van der Waals surface area contributed by atoms with Crippen LogP contribution in [0.2, 0.25) is 5.02 Å². The van der Waals surface area contributed by atoms with Crippen LogP contribution in [0.3, 0.4) is 0 Å². The number of halogens is 3. The lowest BCUT2D eigenvalue weighted by Gasteiger charge is -2.25. The molecular weight excluding hydrogens is 424 g/mol. The third-order valence-corrected chi connectivity index (χ3v) is 6.48. The molecule has 2 N–H and O–H groups in total. The number of aryl methyl sites for hydroxylation is 1. The SMILES string of the molecule is Cc1ccc(F)c([C@@H](C)[C@H](NS(=O)(=O)c2cc(Cl)ccc2F)c2nn[nH]n2)c1C. The van der Waals surface area contributed by atoms with E-state index in [4.69, 9.17) is 11.6 Å². The lowest BCUT2D eigenvalue weighted by atomic mass is 9.88. The van der Waals surface area contributed by atoms with Gasteiger partial charge < -0.3 is 0 Å². The predicted molar refractivity (Wildman–Crippen MR) is 103 cm³/mol. The summed E-state index contributed by atoms with van der Waals surface area (Å²) in [4.78, 5) is -0.632. The smallest absolute Gasteiger partial charge is 0.207 e. The Morgan fingerprint density at radius 3 is 2.48 bits per heavy atom. The van der Waals surface area contributed by atoms with Gasteiger partial charge in [0, 0.05) is 10.9 Å². The van der Waals surface area contributed by atoms with E-state index in [2.05, 4.69) is 25.3 Å². The molecule has 3 aromatic rings. The van der Waals surface area contributed by atoms with Gasteiger partial charge in [-0.25, -0.2) is 17.2 Å². The lowest BCUT2D eigenvalue weighted by Crippen LogP contribution is -2.33. The van der Waals surface area contributed by atoms with Gasteiger partial charge in [0.05, 0.1) is 6.04 Å². The molecule has 2 atom stereocenters. The van der Waals surface area contributed by atoms with E-state index >= 15 is 0 Å². The summed E-state index contributed by atoms with van der Waals surface area (Å²) in [5, 5.41) is 13.4. The van der Waals surface area contributed by atoms with Crippen LogP contribution in [-0.2, 0) is 10.0 Å². The average molecular weight is 442 g/mol. The van der Waals surface area contributed by atoms with Crippen molar-refractivity contribution in [3.63, 3.8) is 0 Å². The second-order valence-electron chi connectivity index (χ2n) is 6.64. The second-order valence-corrected chi connectivity index (χ2v) is 8.75. The normalized spacial score (nSPS) is 14.0. The van der Waals surface area contributed by atoms with Crippen molar-refractivity contribution in [3.8, 4) is 0 Å². The summed E-state index contributed by atoms with van der Waals surface area (Å²) in [6, 6.07) is 5.01. The Labute approximate surface area is 171 Å². The fourth-order valence-corrected chi connectivity index (χ4v) is 4.74. The molecule has 1 aromatic heterocycles. The Kier molecular flexibility index (Phi) is 5.97. The molecule has 0 saturated carbocycles. The Morgan fingerprint density at radius 1 is 1.14 bits per heavy atom. The molecule has 0 radical (unpaired) electrons. The second kappa shape index (κ2) is 8.13. The van der Waals surface area contributed by atoms with Gasteiger partial charge in [0.25, 0.3) is 0 Å². The molecule has 0 amide bonds. The van der Waals surface area contributed by atoms with Crippen molar-refractivity contribution in [2.75, 3.05) is 0 Å². The maximum absolute atomic E-state index is 14.6. The monoisotopic (exact) mass is 441 g/mol. The minimum absolute atomic E-state index is 0.0104. The molecule has 0 unspecified atom stereocenters. The molecular formula is C18H18ClF2N5O2S. The molecule has 154 valence electrons. The highest BCUT2D eigenvalue weighted by molar-refractivity contribution is 7.89. The van der Waals surface area contributed by atoms with Gasteiger partial charge in [0.15, 0.2) is 5.82 Å². The first kappa shape index (κ1) is 21.3. The minimum Gasteiger partial charge on any atom is -0.207 e. The number of tetrazole rings is 1. The van der Waals surface area contributed by atoms with E-state index in [1.807, 2.05) is 6.92 Å². The Hall–Kier alpha value is -2.43. The van der Waals surface area contributed by atoms with Crippen LogP contribution in [-0.4, -0.2) is 29.0 Å². The summed E-state index contributed by atoms with van der Waals surface area (Å²) in [6.45, 7) is 5.19. The average Bonchev–Trinajstić information content (AvgIpc) is 3.19. The lowest BCUT2D eigenvalue weighted by molar-refractivity contribution is 0.475. The number of benzene rings is 2. The number of rotatable bonds is 6. The van der Waals surface area contributed by atoms with Crippen LogP contribution in [0.15, 0.2) is 35.2 Å². The molecule has 0 aliphatic carbocycles. The maximum atomic E-state index is 14.6. The zero-order valence-corrected chi connectivity index (χ0v) is 17.3. The summed E-state index contributed by atoms with van der Waals surface area (Å²) >= 11 is 5.83. The van der Waals surface area contributed by atoms with Crippen molar-refractivity contribution in [2.24, 2.45) is 0 Å². The number of H-pyrrole nitrogens is 1. The molecule has 0 saturated heterocycles. The van der Waals surface area contributed by atoms with Crippen molar-refractivity contribution < 1.29 is 17.2 Å². The number of nitrogens with zero attached hydrogens (tertiary/aromatic N) is 3. The number of hydrogen-bond donors (Lipinski definition) is 2. The number of sulfonamides is 1. The molecule has 0 aliphatic rings. The van der Waals surface area contributed by atoms with E-state index in [0.717, 1.165) is 17.7 Å². The molecule has 11 heteroatoms. The predicted octanol–water partition coefficient (Wildman–Crippen LogP) is 3.57. The van der Waals surface area contributed by atoms with Crippen LogP contribution in [0.1, 0.15) is 41.4 Å².